The molecule has 0 aliphatic carbocycles. The van der Waals surface area contributed by atoms with E-state index in [4.69, 9.17) is 31.2 Å². The van der Waals surface area contributed by atoms with E-state index in [1.165, 1.54) is 11.8 Å². The van der Waals surface area contributed by atoms with Gasteiger partial charge >= 0.3 is 0 Å². The van der Waals surface area contributed by atoms with Gasteiger partial charge in [-0.3, -0.25) is 14.5 Å². The molecular formula is C25H28N2O6S2. The number of amides is 2. The van der Waals surface area contributed by atoms with Crippen molar-refractivity contribution in [3.8, 4) is 17.2 Å². The number of rotatable bonds is 12. The topological polar surface area (TPSA) is 86.3 Å². The fourth-order valence-electron chi connectivity index (χ4n) is 3.23. The van der Waals surface area contributed by atoms with Crippen molar-refractivity contribution in [1.29, 1.82) is 0 Å². The lowest BCUT2D eigenvalue weighted by molar-refractivity contribution is -0.122. The molecule has 0 radical (unpaired) electrons. The highest BCUT2D eigenvalue weighted by Gasteiger charge is 2.31. The Bertz CT molecular complexity index is 1090. The molecule has 0 saturated carbocycles. The Labute approximate surface area is 214 Å². The number of carbonyl (C=O) groups is 2. The minimum atomic E-state index is -0.307. The second kappa shape index (κ2) is 13.1. The molecule has 10 heteroatoms. The highest BCUT2D eigenvalue weighted by atomic mass is 32.2. The Morgan fingerprint density at radius 1 is 1.11 bits per heavy atom. The zero-order chi connectivity index (χ0) is 25.2. The zero-order valence-corrected chi connectivity index (χ0v) is 21.5. The average molecular weight is 517 g/mol. The van der Waals surface area contributed by atoms with Crippen LogP contribution in [0.15, 0.2) is 47.4 Å². The molecule has 1 fully saturated rings. The maximum atomic E-state index is 12.8. The molecule has 8 nitrogen and oxygen atoms in total. The van der Waals surface area contributed by atoms with Gasteiger partial charge in [-0.25, -0.2) is 0 Å². The highest BCUT2D eigenvalue weighted by molar-refractivity contribution is 8.26. The smallest absolute Gasteiger partial charge is 0.266 e. The molecule has 1 aliphatic rings. The van der Waals surface area contributed by atoms with E-state index in [1.54, 1.807) is 67.7 Å². The summed E-state index contributed by atoms with van der Waals surface area (Å²) in [5.74, 6) is 1.19. The third-order valence-corrected chi connectivity index (χ3v) is 6.28. The molecule has 35 heavy (non-hydrogen) atoms. The van der Waals surface area contributed by atoms with Crippen LogP contribution in [0.4, 0.5) is 5.69 Å². The summed E-state index contributed by atoms with van der Waals surface area (Å²) in [5, 5.41) is 2.77. The van der Waals surface area contributed by atoms with Crippen LogP contribution >= 0.6 is 24.0 Å². The summed E-state index contributed by atoms with van der Waals surface area (Å²) in [6, 6.07) is 12.3. The maximum Gasteiger partial charge on any atom is 0.266 e. The van der Waals surface area contributed by atoms with Crippen molar-refractivity contribution in [2.75, 3.05) is 45.9 Å². The summed E-state index contributed by atoms with van der Waals surface area (Å²) in [7, 11) is 3.21. The summed E-state index contributed by atoms with van der Waals surface area (Å²) in [5.41, 5.74) is 1.40. The monoisotopic (exact) mass is 516 g/mol. The first-order valence-corrected chi connectivity index (χ1v) is 12.3. The van der Waals surface area contributed by atoms with Gasteiger partial charge in [0.15, 0.2) is 18.1 Å². The molecule has 2 aromatic rings. The molecule has 1 N–H and O–H groups in total. The largest absolute Gasteiger partial charge is 0.497 e. The molecule has 0 unspecified atom stereocenters. The van der Waals surface area contributed by atoms with Gasteiger partial charge in [-0.05, 0) is 61.4 Å². The fraction of sp³-hybridized carbons (Fsp3) is 0.320. The minimum Gasteiger partial charge on any atom is -0.497 e. The third kappa shape index (κ3) is 7.45. The molecule has 0 aromatic heterocycles. The van der Waals surface area contributed by atoms with Crippen LogP contribution in [-0.4, -0.2) is 61.6 Å². The molecular weight excluding hydrogens is 488 g/mol. The number of ether oxygens (including phenoxy) is 4. The van der Waals surface area contributed by atoms with Crippen LogP contribution < -0.4 is 19.5 Å². The summed E-state index contributed by atoms with van der Waals surface area (Å²) in [6.45, 7) is 3.17. The lowest BCUT2D eigenvalue weighted by Gasteiger charge is -2.14. The van der Waals surface area contributed by atoms with Gasteiger partial charge in [0, 0.05) is 25.9 Å². The van der Waals surface area contributed by atoms with Crippen molar-refractivity contribution >= 4 is 51.9 Å². The number of thiocarbonyl (C=S) groups is 1. The van der Waals surface area contributed by atoms with Crippen LogP contribution in [0, 0.1) is 0 Å². The predicted molar refractivity (Wildman–Crippen MR) is 141 cm³/mol. The average Bonchev–Trinajstić information content (AvgIpc) is 3.11. The van der Waals surface area contributed by atoms with Crippen LogP contribution in [0.5, 0.6) is 17.2 Å². The molecule has 3 rings (SSSR count). The molecule has 1 heterocycles. The Morgan fingerprint density at radius 2 is 1.89 bits per heavy atom. The fourth-order valence-corrected chi connectivity index (χ4v) is 4.54. The molecule has 186 valence electrons. The minimum absolute atomic E-state index is 0.121. The van der Waals surface area contributed by atoms with Crippen molar-refractivity contribution in [3.63, 3.8) is 0 Å². The number of thioether (sulfide) groups is 1. The maximum absolute atomic E-state index is 12.8. The van der Waals surface area contributed by atoms with Crippen LogP contribution in [0.1, 0.15) is 18.9 Å². The number of methoxy groups -OCH3 is 2. The standard InChI is InChI=1S/C25H28N2O6S2/c1-4-32-21-14-17(15-22-24(29)27(25(34)35-22)12-5-13-30-2)6-11-20(21)33-16-23(28)26-18-7-9-19(31-3)10-8-18/h6-11,14-15H,4-5,12-13,16H2,1-3H3,(H,26,28)/b22-15-. The number of nitrogens with zero attached hydrogens (tertiary/aromatic N) is 1. The van der Waals surface area contributed by atoms with Gasteiger partial charge in [-0.1, -0.05) is 30.0 Å². The molecule has 2 aromatic carbocycles. The lowest BCUT2D eigenvalue weighted by Crippen LogP contribution is -2.29. The van der Waals surface area contributed by atoms with Crippen molar-refractivity contribution in [1.82, 2.24) is 4.90 Å². The van der Waals surface area contributed by atoms with E-state index in [2.05, 4.69) is 5.32 Å². The van der Waals surface area contributed by atoms with E-state index in [1.807, 2.05) is 6.92 Å². The Hall–Kier alpha value is -3.08. The molecule has 0 spiro atoms. The van der Waals surface area contributed by atoms with E-state index in [0.717, 1.165) is 5.56 Å². The van der Waals surface area contributed by atoms with Crippen molar-refractivity contribution < 1.29 is 28.5 Å². The quantitative estimate of drug-likeness (QED) is 0.253. The van der Waals surface area contributed by atoms with E-state index in [-0.39, 0.29) is 18.4 Å². The Kier molecular flexibility index (Phi) is 9.95. The van der Waals surface area contributed by atoms with Gasteiger partial charge in [-0.2, -0.15) is 0 Å². The van der Waals surface area contributed by atoms with Gasteiger partial charge in [-0.15, -0.1) is 0 Å². The van der Waals surface area contributed by atoms with E-state index in [0.29, 0.717) is 58.3 Å². The second-order valence-electron chi connectivity index (χ2n) is 7.38. The van der Waals surface area contributed by atoms with Gasteiger partial charge in [0.25, 0.3) is 11.8 Å². The number of anilines is 1. The van der Waals surface area contributed by atoms with Gasteiger partial charge in [0.05, 0.1) is 18.6 Å². The van der Waals surface area contributed by atoms with Gasteiger partial charge in [0.1, 0.15) is 10.1 Å². The Balaban J connectivity index is 1.65. The van der Waals surface area contributed by atoms with Crippen molar-refractivity contribution in [3.05, 3.63) is 52.9 Å². The summed E-state index contributed by atoms with van der Waals surface area (Å²) < 4.78 is 22.1. The number of nitrogens with one attached hydrogen (secondary N) is 1. The van der Waals surface area contributed by atoms with E-state index in [9.17, 15) is 9.59 Å². The van der Waals surface area contributed by atoms with E-state index >= 15 is 0 Å². The normalized spacial score (nSPS) is 14.4. The number of hydrogen-bond acceptors (Lipinski definition) is 8. The van der Waals surface area contributed by atoms with Gasteiger partial charge < -0.3 is 24.3 Å². The summed E-state index contributed by atoms with van der Waals surface area (Å²) in [6.07, 6.45) is 2.49. The summed E-state index contributed by atoms with van der Waals surface area (Å²) in [4.78, 5) is 27.2. The molecule has 0 atom stereocenters. The Morgan fingerprint density at radius 3 is 2.57 bits per heavy atom. The highest BCUT2D eigenvalue weighted by Crippen LogP contribution is 2.35. The van der Waals surface area contributed by atoms with Crippen molar-refractivity contribution in [2.45, 2.75) is 13.3 Å². The first kappa shape index (κ1) is 26.5. The van der Waals surface area contributed by atoms with Crippen LogP contribution in [0.25, 0.3) is 6.08 Å². The van der Waals surface area contributed by atoms with E-state index < -0.39 is 0 Å². The number of benzene rings is 2. The SMILES string of the molecule is CCOc1cc(/C=C2\SC(=S)N(CCCOC)C2=O)ccc1OCC(=O)Nc1ccc(OC)cc1. The number of carbonyl (C=O) groups excluding carboxylic acids is 2. The van der Waals surface area contributed by atoms with Crippen LogP contribution in [0.3, 0.4) is 0 Å². The molecule has 1 aliphatic heterocycles. The lowest BCUT2D eigenvalue weighted by atomic mass is 10.2. The molecule has 0 bridgehead atoms. The second-order valence-corrected chi connectivity index (χ2v) is 9.06. The first-order chi connectivity index (χ1) is 16.9. The molecule has 1 saturated heterocycles. The van der Waals surface area contributed by atoms with Crippen LogP contribution in [0.2, 0.25) is 0 Å². The number of hydrogen-bond donors (Lipinski definition) is 1. The molecule has 2 amide bonds. The van der Waals surface area contributed by atoms with Gasteiger partial charge in [0.2, 0.25) is 0 Å². The zero-order valence-electron chi connectivity index (χ0n) is 19.9. The predicted octanol–water partition coefficient (Wildman–Crippen LogP) is 4.35. The van der Waals surface area contributed by atoms with Crippen LogP contribution in [-0.2, 0) is 14.3 Å². The first-order valence-electron chi connectivity index (χ1n) is 11.0. The third-order valence-electron chi connectivity index (χ3n) is 4.90. The summed E-state index contributed by atoms with van der Waals surface area (Å²) >= 11 is 6.64. The van der Waals surface area contributed by atoms with Crippen molar-refractivity contribution in [2.24, 2.45) is 0 Å².